The van der Waals surface area contributed by atoms with Crippen molar-refractivity contribution >= 4 is 17.6 Å². The number of hydrogen-bond donors (Lipinski definition) is 2. The maximum Gasteiger partial charge on any atom is 0.144 e. The Morgan fingerprint density at radius 1 is 1.47 bits per heavy atom. The number of hydrogen-bond acceptors (Lipinski definition) is 3. The molecule has 0 heterocycles. The predicted octanol–water partition coefficient (Wildman–Crippen LogP) is 3.08. The van der Waals surface area contributed by atoms with E-state index in [0.717, 1.165) is 0 Å². The number of amidine groups is 1. The molecule has 1 aromatic carbocycles. The SMILES string of the molecule is CC(C)(CCSc1ccccc1F)C(N)=NO. The second-order valence-corrected chi connectivity index (χ2v) is 5.53. The third-order valence-electron chi connectivity index (χ3n) is 2.62. The Hall–Kier alpha value is -1.23. The van der Waals surface area contributed by atoms with E-state index < -0.39 is 0 Å². The molecule has 1 rings (SSSR count). The summed E-state index contributed by atoms with van der Waals surface area (Å²) in [5.41, 5.74) is 5.19. The molecule has 1 aromatic rings. The fourth-order valence-corrected chi connectivity index (χ4v) is 2.45. The number of nitrogens with two attached hydrogens (primary N) is 1. The van der Waals surface area contributed by atoms with Gasteiger partial charge in [-0.05, 0) is 24.3 Å². The Balaban J connectivity index is 2.51. The molecule has 0 unspecified atom stereocenters. The van der Waals surface area contributed by atoms with Gasteiger partial charge in [-0.2, -0.15) is 0 Å². The van der Waals surface area contributed by atoms with Gasteiger partial charge in [0.2, 0.25) is 0 Å². The smallest absolute Gasteiger partial charge is 0.144 e. The van der Waals surface area contributed by atoms with Gasteiger partial charge >= 0.3 is 0 Å². The van der Waals surface area contributed by atoms with Crippen LogP contribution in [0.3, 0.4) is 0 Å². The lowest BCUT2D eigenvalue weighted by atomic mass is 9.89. The van der Waals surface area contributed by atoms with E-state index in [1.54, 1.807) is 18.2 Å². The van der Waals surface area contributed by atoms with Crippen molar-refractivity contribution < 1.29 is 9.60 Å². The van der Waals surface area contributed by atoms with Crippen LogP contribution in [0.25, 0.3) is 0 Å². The lowest BCUT2D eigenvalue weighted by molar-refractivity contribution is 0.307. The van der Waals surface area contributed by atoms with Crippen molar-refractivity contribution in [3.05, 3.63) is 30.1 Å². The monoisotopic (exact) mass is 256 g/mol. The Kier molecular flexibility index (Phi) is 4.81. The van der Waals surface area contributed by atoms with Gasteiger partial charge < -0.3 is 10.9 Å². The Morgan fingerprint density at radius 3 is 2.71 bits per heavy atom. The molecular weight excluding hydrogens is 239 g/mol. The molecular formula is C12H17FN2OS. The first-order valence-electron chi connectivity index (χ1n) is 5.32. The second-order valence-electron chi connectivity index (χ2n) is 4.40. The molecule has 0 saturated carbocycles. The fraction of sp³-hybridized carbons (Fsp3) is 0.417. The molecule has 0 aliphatic rings. The van der Waals surface area contributed by atoms with Gasteiger partial charge in [-0.25, -0.2) is 4.39 Å². The molecule has 3 N–H and O–H groups in total. The summed E-state index contributed by atoms with van der Waals surface area (Å²) in [5.74, 6) is 0.704. The summed E-state index contributed by atoms with van der Waals surface area (Å²) in [5, 5.41) is 11.6. The van der Waals surface area contributed by atoms with Gasteiger partial charge in [-0.1, -0.05) is 31.1 Å². The number of thioether (sulfide) groups is 1. The van der Waals surface area contributed by atoms with E-state index in [1.807, 2.05) is 13.8 Å². The summed E-state index contributed by atoms with van der Waals surface area (Å²) in [4.78, 5) is 0.628. The molecule has 5 heteroatoms. The average Bonchev–Trinajstić information content (AvgIpc) is 2.30. The molecule has 0 aromatic heterocycles. The zero-order chi connectivity index (χ0) is 12.9. The molecule has 0 aliphatic carbocycles. The molecule has 0 spiro atoms. The minimum absolute atomic E-state index is 0.201. The van der Waals surface area contributed by atoms with Gasteiger partial charge in [-0.3, -0.25) is 0 Å². The molecule has 0 radical (unpaired) electrons. The zero-order valence-electron chi connectivity index (χ0n) is 9.98. The molecule has 94 valence electrons. The van der Waals surface area contributed by atoms with E-state index in [-0.39, 0.29) is 17.1 Å². The van der Waals surface area contributed by atoms with Crippen LogP contribution in [0.5, 0.6) is 0 Å². The topological polar surface area (TPSA) is 58.6 Å². The Labute approximate surface area is 105 Å². The highest BCUT2D eigenvalue weighted by atomic mass is 32.2. The van der Waals surface area contributed by atoms with Crippen molar-refractivity contribution in [2.45, 2.75) is 25.2 Å². The van der Waals surface area contributed by atoms with Crippen LogP contribution in [0.15, 0.2) is 34.3 Å². The average molecular weight is 256 g/mol. The lowest BCUT2D eigenvalue weighted by Gasteiger charge is -2.22. The summed E-state index contributed by atoms with van der Waals surface area (Å²) >= 11 is 1.43. The summed E-state index contributed by atoms with van der Waals surface area (Å²) < 4.78 is 13.3. The largest absolute Gasteiger partial charge is 0.409 e. The molecule has 3 nitrogen and oxygen atoms in total. The fourth-order valence-electron chi connectivity index (χ4n) is 1.24. The van der Waals surface area contributed by atoms with Crippen molar-refractivity contribution in [3.63, 3.8) is 0 Å². The van der Waals surface area contributed by atoms with Crippen LogP contribution in [-0.4, -0.2) is 16.8 Å². The summed E-state index contributed by atoms with van der Waals surface area (Å²) in [7, 11) is 0. The van der Waals surface area contributed by atoms with Crippen molar-refractivity contribution in [1.82, 2.24) is 0 Å². The van der Waals surface area contributed by atoms with Crippen LogP contribution in [0.4, 0.5) is 4.39 Å². The van der Waals surface area contributed by atoms with E-state index in [1.165, 1.54) is 17.8 Å². The summed E-state index contributed by atoms with van der Waals surface area (Å²) in [6.45, 7) is 3.79. The summed E-state index contributed by atoms with van der Waals surface area (Å²) in [6, 6.07) is 6.66. The van der Waals surface area contributed by atoms with Gasteiger partial charge in [0, 0.05) is 10.3 Å². The minimum atomic E-state index is -0.382. The normalized spacial score (nSPS) is 12.8. The Bertz CT molecular complexity index is 407. The molecule has 0 amide bonds. The highest BCUT2D eigenvalue weighted by Gasteiger charge is 2.23. The van der Waals surface area contributed by atoms with E-state index in [0.29, 0.717) is 17.1 Å². The van der Waals surface area contributed by atoms with E-state index in [9.17, 15) is 4.39 Å². The second kappa shape index (κ2) is 5.91. The molecule has 0 atom stereocenters. The van der Waals surface area contributed by atoms with Gasteiger partial charge in [-0.15, -0.1) is 11.8 Å². The van der Waals surface area contributed by atoms with Crippen molar-refractivity contribution in [1.29, 1.82) is 0 Å². The van der Waals surface area contributed by atoms with Crippen LogP contribution in [0, 0.1) is 11.2 Å². The highest BCUT2D eigenvalue weighted by Crippen LogP contribution is 2.27. The first-order chi connectivity index (χ1) is 7.97. The molecule has 17 heavy (non-hydrogen) atoms. The van der Waals surface area contributed by atoms with Crippen LogP contribution in [0.2, 0.25) is 0 Å². The Morgan fingerprint density at radius 2 is 2.12 bits per heavy atom. The molecule has 0 bridgehead atoms. The summed E-state index contributed by atoms with van der Waals surface area (Å²) in [6.07, 6.45) is 0.710. The van der Waals surface area contributed by atoms with E-state index in [2.05, 4.69) is 5.16 Å². The third-order valence-corrected chi connectivity index (χ3v) is 3.67. The number of halogens is 1. The predicted molar refractivity (Wildman–Crippen MR) is 68.9 cm³/mol. The van der Waals surface area contributed by atoms with Gasteiger partial charge in [0.1, 0.15) is 11.7 Å². The number of oxime groups is 1. The zero-order valence-corrected chi connectivity index (χ0v) is 10.8. The molecule has 0 fully saturated rings. The van der Waals surface area contributed by atoms with Crippen LogP contribution in [0.1, 0.15) is 20.3 Å². The highest BCUT2D eigenvalue weighted by molar-refractivity contribution is 7.99. The van der Waals surface area contributed by atoms with Gasteiger partial charge in [0.05, 0.1) is 0 Å². The minimum Gasteiger partial charge on any atom is -0.409 e. The van der Waals surface area contributed by atoms with Gasteiger partial charge in [0.15, 0.2) is 0 Å². The maximum atomic E-state index is 13.3. The van der Waals surface area contributed by atoms with Crippen molar-refractivity contribution in [2.75, 3.05) is 5.75 Å². The van der Waals surface area contributed by atoms with Crippen LogP contribution in [-0.2, 0) is 0 Å². The van der Waals surface area contributed by atoms with Crippen molar-refractivity contribution in [2.24, 2.45) is 16.3 Å². The molecule has 0 aliphatic heterocycles. The van der Waals surface area contributed by atoms with E-state index in [4.69, 9.17) is 10.9 Å². The lowest BCUT2D eigenvalue weighted by Crippen LogP contribution is -2.32. The first-order valence-corrected chi connectivity index (χ1v) is 6.31. The van der Waals surface area contributed by atoms with Crippen LogP contribution < -0.4 is 5.73 Å². The standard InChI is InChI=1S/C12H17FN2OS/c1-12(2,11(14)15-16)7-8-17-10-6-4-3-5-9(10)13/h3-6,16H,7-8H2,1-2H3,(H2,14,15). The number of rotatable bonds is 5. The number of nitrogens with zero attached hydrogens (tertiary/aromatic N) is 1. The number of benzene rings is 1. The molecule has 0 saturated heterocycles. The van der Waals surface area contributed by atoms with Crippen LogP contribution >= 0.6 is 11.8 Å². The maximum absolute atomic E-state index is 13.3. The quantitative estimate of drug-likeness (QED) is 0.280. The third kappa shape index (κ3) is 3.93. The van der Waals surface area contributed by atoms with Gasteiger partial charge in [0.25, 0.3) is 0 Å². The van der Waals surface area contributed by atoms with Crippen molar-refractivity contribution in [3.8, 4) is 0 Å². The van der Waals surface area contributed by atoms with E-state index >= 15 is 0 Å². The first kappa shape index (κ1) is 13.8.